The van der Waals surface area contributed by atoms with E-state index in [1.54, 1.807) is 66.7 Å². The average Bonchev–Trinajstić information content (AvgIpc) is 2.93. The van der Waals surface area contributed by atoms with Gasteiger partial charge in [-0.2, -0.15) is 0 Å². The Morgan fingerprint density at radius 1 is 0.436 bits per heavy atom. The van der Waals surface area contributed by atoms with Gasteiger partial charge in [-0.1, -0.05) is 48.5 Å². The molecule has 39 heavy (non-hydrogen) atoms. The third-order valence-electron chi connectivity index (χ3n) is 5.51. The van der Waals surface area contributed by atoms with Crippen molar-refractivity contribution in [3.8, 4) is 11.1 Å². The molecule has 5 rings (SSSR count). The van der Waals surface area contributed by atoms with Crippen molar-refractivity contribution in [2.45, 2.75) is 0 Å². The number of hydrogen-bond acceptors (Lipinski definition) is 7. The van der Waals surface area contributed by atoms with Crippen LogP contribution in [0.3, 0.4) is 0 Å². The Morgan fingerprint density at radius 3 is 1.21 bits per heavy atom. The molecule has 8 nitrogen and oxygen atoms in total. The van der Waals surface area contributed by atoms with Crippen molar-refractivity contribution in [3.63, 3.8) is 0 Å². The van der Waals surface area contributed by atoms with Crippen molar-refractivity contribution >= 4 is 45.7 Å². The number of carbonyl (C=O) groups excluding carboxylic acids is 1. The molecular weight excluding hydrogens is 486 g/mol. The lowest BCUT2D eigenvalue weighted by Crippen LogP contribution is -2.14. The van der Waals surface area contributed by atoms with E-state index in [2.05, 4.69) is 5.32 Å². The van der Waals surface area contributed by atoms with Crippen LogP contribution in [-0.2, 0) is 0 Å². The lowest BCUT2D eigenvalue weighted by atomic mass is 10.1. The number of para-hydroxylation sites is 3. The van der Waals surface area contributed by atoms with Gasteiger partial charge in [-0.25, -0.2) is 0 Å². The van der Waals surface area contributed by atoms with Gasteiger partial charge >= 0.3 is 0 Å². The molecule has 0 atom stereocenters. The van der Waals surface area contributed by atoms with Crippen molar-refractivity contribution < 1.29 is 4.79 Å². The molecule has 0 bridgehead atoms. The van der Waals surface area contributed by atoms with Crippen molar-refractivity contribution in [1.82, 2.24) is 0 Å². The number of anilines is 7. The lowest BCUT2D eigenvalue weighted by Gasteiger charge is -2.09. The molecule has 5 aromatic carbocycles. The quantitative estimate of drug-likeness (QED) is 0.154. The Hall–Kier alpha value is -5.63. The second-order valence-corrected chi connectivity index (χ2v) is 8.54. The first-order valence-electron chi connectivity index (χ1n) is 12.1. The number of nitrogen functional groups attached to an aromatic ring is 6. The highest BCUT2D eigenvalue weighted by molar-refractivity contribution is 6.08. The number of hydrogen-bond donors (Lipinski definition) is 7. The van der Waals surface area contributed by atoms with E-state index < -0.39 is 0 Å². The van der Waals surface area contributed by atoms with Gasteiger partial charge in [-0.3, -0.25) is 4.79 Å². The van der Waals surface area contributed by atoms with Gasteiger partial charge < -0.3 is 39.7 Å². The molecule has 0 radical (unpaired) electrons. The van der Waals surface area contributed by atoms with Gasteiger partial charge in [0.2, 0.25) is 0 Å². The van der Waals surface area contributed by atoms with Crippen molar-refractivity contribution in [2.75, 3.05) is 39.7 Å². The molecule has 0 heterocycles. The zero-order valence-electron chi connectivity index (χ0n) is 21.4. The van der Waals surface area contributed by atoms with Crippen LogP contribution in [0.4, 0.5) is 39.8 Å². The van der Waals surface area contributed by atoms with Crippen LogP contribution in [-0.4, -0.2) is 5.91 Å². The van der Waals surface area contributed by atoms with Crippen LogP contribution in [0, 0.1) is 0 Å². The molecule has 0 aromatic heterocycles. The van der Waals surface area contributed by atoms with Gasteiger partial charge in [0.25, 0.3) is 5.91 Å². The van der Waals surface area contributed by atoms with Crippen LogP contribution in [0.15, 0.2) is 121 Å². The van der Waals surface area contributed by atoms with Crippen LogP contribution < -0.4 is 39.7 Å². The van der Waals surface area contributed by atoms with Crippen LogP contribution in [0.5, 0.6) is 0 Å². The Bertz CT molecular complexity index is 1420. The SMILES string of the molecule is Nc1ccc(-c2ccc(N)cc2)cc1.Nc1ccc(N)cc1.Nc1ccccc1NC(=O)c1ccccc1N. The van der Waals surface area contributed by atoms with E-state index in [9.17, 15) is 4.79 Å². The minimum atomic E-state index is -0.263. The maximum Gasteiger partial charge on any atom is 0.257 e. The molecule has 0 fully saturated rings. The largest absolute Gasteiger partial charge is 0.399 e. The van der Waals surface area contributed by atoms with Gasteiger partial charge in [0.15, 0.2) is 0 Å². The number of amides is 1. The Balaban J connectivity index is 0.000000172. The van der Waals surface area contributed by atoms with Crippen LogP contribution in [0.25, 0.3) is 11.1 Å². The van der Waals surface area contributed by atoms with E-state index in [0.717, 1.165) is 33.9 Å². The summed E-state index contributed by atoms with van der Waals surface area (Å²) in [5.41, 5.74) is 40.8. The first kappa shape index (κ1) is 27.9. The predicted octanol–water partition coefficient (Wildman–Crippen LogP) is 5.47. The summed E-state index contributed by atoms with van der Waals surface area (Å²) in [6.45, 7) is 0. The molecule has 0 saturated carbocycles. The molecule has 8 heteroatoms. The summed E-state index contributed by atoms with van der Waals surface area (Å²) in [6, 6.07) is 36.7. The van der Waals surface area contributed by atoms with Gasteiger partial charge in [-0.05, 0) is 83.9 Å². The average molecular weight is 520 g/mol. The Kier molecular flexibility index (Phi) is 9.76. The molecule has 5 aromatic rings. The summed E-state index contributed by atoms with van der Waals surface area (Å²) in [4.78, 5) is 11.9. The summed E-state index contributed by atoms with van der Waals surface area (Å²) < 4.78 is 0. The third-order valence-corrected chi connectivity index (χ3v) is 5.51. The van der Waals surface area contributed by atoms with Crippen LogP contribution in [0.2, 0.25) is 0 Å². The molecule has 13 N–H and O–H groups in total. The monoisotopic (exact) mass is 519 g/mol. The fraction of sp³-hybridized carbons (Fsp3) is 0. The number of rotatable bonds is 3. The van der Waals surface area contributed by atoms with Crippen molar-refractivity contribution in [3.05, 3.63) is 127 Å². The second kappa shape index (κ2) is 13.6. The number of benzene rings is 5. The maximum atomic E-state index is 11.9. The highest BCUT2D eigenvalue weighted by Gasteiger charge is 2.10. The summed E-state index contributed by atoms with van der Waals surface area (Å²) in [7, 11) is 0. The third kappa shape index (κ3) is 8.76. The minimum Gasteiger partial charge on any atom is -0.399 e. The summed E-state index contributed by atoms with van der Waals surface area (Å²) in [5.74, 6) is -0.263. The summed E-state index contributed by atoms with van der Waals surface area (Å²) >= 11 is 0. The fourth-order valence-electron chi connectivity index (χ4n) is 3.35. The number of nitrogens with one attached hydrogen (secondary N) is 1. The predicted molar refractivity (Wildman–Crippen MR) is 166 cm³/mol. The number of nitrogens with two attached hydrogens (primary N) is 6. The van der Waals surface area contributed by atoms with E-state index in [1.807, 2.05) is 54.6 Å². The van der Waals surface area contributed by atoms with Crippen molar-refractivity contribution in [1.29, 1.82) is 0 Å². The molecule has 0 spiro atoms. The zero-order chi connectivity index (χ0) is 28.2. The molecule has 198 valence electrons. The van der Waals surface area contributed by atoms with Crippen LogP contribution in [0.1, 0.15) is 10.4 Å². The Morgan fingerprint density at radius 2 is 0.795 bits per heavy atom. The molecule has 0 aliphatic rings. The lowest BCUT2D eigenvalue weighted by molar-refractivity contribution is 0.102. The number of carbonyl (C=O) groups is 1. The summed E-state index contributed by atoms with van der Waals surface area (Å²) in [6.07, 6.45) is 0. The maximum absolute atomic E-state index is 11.9. The molecule has 0 saturated heterocycles. The standard InChI is InChI=1S/C13H13N3O.C12H12N2.C6H8N2/c14-10-6-2-1-5-9(10)13(17)16-12-8-4-3-7-11(12)15;13-11-5-1-9(2-6-11)10-3-7-12(14)8-4-10;7-5-1-2-6(8)4-3-5/h1-8H,14-15H2,(H,16,17);1-8H,13-14H2;1-4H,7-8H2. The topological polar surface area (TPSA) is 185 Å². The second-order valence-electron chi connectivity index (χ2n) is 8.54. The molecular formula is C31H33N7O. The molecule has 1 amide bonds. The van der Waals surface area contributed by atoms with Gasteiger partial charge in [-0.15, -0.1) is 0 Å². The fourth-order valence-corrected chi connectivity index (χ4v) is 3.35. The molecule has 0 aliphatic carbocycles. The first-order valence-corrected chi connectivity index (χ1v) is 12.1. The van der Waals surface area contributed by atoms with E-state index in [-0.39, 0.29) is 5.91 Å². The highest BCUT2D eigenvalue weighted by atomic mass is 16.1. The van der Waals surface area contributed by atoms with Gasteiger partial charge in [0.1, 0.15) is 0 Å². The van der Waals surface area contributed by atoms with Crippen LogP contribution >= 0.6 is 0 Å². The smallest absolute Gasteiger partial charge is 0.257 e. The van der Waals surface area contributed by atoms with Gasteiger partial charge in [0, 0.05) is 28.4 Å². The van der Waals surface area contributed by atoms with E-state index in [0.29, 0.717) is 22.6 Å². The van der Waals surface area contributed by atoms with E-state index in [1.165, 1.54) is 0 Å². The molecule has 0 aliphatic heterocycles. The van der Waals surface area contributed by atoms with Gasteiger partial charge in [0.05, 0.1) is 16.9 Å². The first-order chi connectivity index (χ1) is 18.7. The molecule has 0 unspecified atom stereocenters. The summed E-state index contributed by atoms with van der Waals surface area (Å²) in [5, 5.41) is 2.72. The normalized spacial score (nSPS) is 9.74. The van der Waals surface area contributed by atoms with E-state index in [4.69, 9.17) is 34.4 Å². The van der Waals surface area contributed by atoms with Crippen molar-refractivity contribution in [2.24, 2.45) is 0 Å². The zero-order valence-corrected chi connectivity index (χ0v) is 21.4. The highest BCUT2D eigenvalue weighted by Crippen LogP contribution is 2.21. The van der Waals surface area contributed by atoms with E-state index >= 15 is 0 Å². The Labute approximate surface area is 228 Å². The minimum absolute atomic E-state index is 0.263.